The molecule has 3 aromatic carbocycles. The van der Waals surface area contributed by atoms with E-state index in [1.165, 1.54) is 7.11 Å². The van der Waals surface area contributed by atoms with Crippen LogP contribution in [0.25, 0.3) is 6.08 Å². The second kappa shape index (κ2) is 11.7. The van der Waals surface area contributed by atoms with E-state index in [2.05, 4.69) is 21.2 Å². The third kappa shape index (κ3) is 6.42. The van der Waals surface area contributed by atoms with E-state index in [9.17, 15) is 14.4 Å². The third-order valence-electron chi connectivity index (χ3n) is 5.85. The molecule has 1 fully saturated rings. The summed E-state index contributed by atoms with van der Waals surface area (Å²) in [5.74, 6) is 0.101. The van der Waals surface area contributed by atoms with Gasteiger partial charge in [-0.1, -0.05) is 46.3 Å². The fourth-order valence-corrected chi connectivity index (χ4v) is 4.75. The molecule has 1 N–H and O–H groups in total. The minimum atomic E-state index is -0.513. The van der Waals surface area contributed by atoms with Gasteiger partial charge in [0.15, 0.2) is 11.5 Å². The van der Waals surface area contributed by atoms with Gasteiger partial charge in [-0.3, -0.25) is 19.3 Å². The van der Waals surface area contributed by atoms with Crippen molar-refractivity contribution in [2.75, 3.05) is 19.0 Å². The van der Waals surface area contributed by atoms with Gasteiger partial charge in [0.25, 0.3) is 11.1 Å². The minimum Gasteiger partial charge on any atom is -0.493 e. The largest absolute Gasteiger partial charge is 0.493 e. The predicted molar refractivity (Wildman–Crippen MR) is 149 cm³/mol. The molecule has 3 amide bonds. The quantitative estimate of drug-likeness (QED) is 0.313. The normalized spacial score (nSPS) is 14.3. The maximum atomic E-state index is 12.9. The molecule has 37 heavy (non-hydrogen) atoms. The van der Waals surface area contributed by atoms with E-state index in [-0.39, 0.29) is 11.4 Å². The maximum absolute atomic E-state index is 12.9. The van der Waals surface area contributed by atoms with Crippen LogP contribution in [0.3, 0.4) is 0 Å². The molecule has 190 valence electrons. The van der Waals surface area contributed by atoms with Crippen LogP contribution in [-0.2, 0) is 16.2 Å². The van der Waals surface area contributed by atoms with Crippen molar-refractivity contribution in [1.29, 1.82) is 0 Å². The number of nitrogens with zero attached hydrogens (tertiary/aromatic N) is 1. The van der Waals surface area contributed by atoms with Crippen molar-refractivity contribution in [2.45, 2.75) is 20.5 Å². The number of anilines is 1. The van der Waals surface area contributed by atoms with Gasteiger partial charge in [-0.2, -0.15) is 0 Å². The van der Waals surface area contributed by atoms with Crippen molar-refractivity contribution in [2.24, 2.45) is 0 Å². The number of imide groups is 1. The highest BCUT2D eigenvalue weighted by Crippen LogP contribution is 2.35. The molecule has 0 unspecified atom stereocenters. The lowest BCUT2D eigenvalue weighted by atomic mass is 10.1. The molecule has 0 radical (unpaired) electrons. The number of rotatable bonds is 8. The number of aryl methyl sites for hydroxylation is 1. The first-order valence-electron chi connectivity index (χ1n) is 11.4. The van der Waals surface area contributed by atoms with E-state index in [0.717, 1.165) is 37.8 Å². The lowest BCUT2D eigenvalue weighted by Gasteiger charge is -2.14. The number of carbonyl (C=O) groups is 3. The molecule has 0 aliphatic carbocycles. The highest BCUT2D eigenvalue weighted by Gasteiger charge is 2.36. The Hall–Kier alpha value is -3.56. The average Bonchev–Trinajstić information content (AvgIpc) is 3.14. The first kappa shape index (κ1) is 26.5. The molecule has 0 spiro atoms. The Kier molecular flexibility index (Phi) is 8.35. The van der Waals surface area contributed by atoms with Gasteiger partial charge >= 0.3 is 0 Å². The number of amides is 3. The van der Waals surface area contributed by atoms with Crippen molar-refractivity contribution in [3.8, 4) is 11.5 Å². The molecule has 1 aliphatic rings. The predicted octanol–water partition coefficient (Wildman–Crippen LogP) is 6.33. The fourth-order valence-electron chi connectivity index (χ4n) is 3.64. The van der Waals surface area contributed by atoms with E-state index < -0.39 is 17.1 Å². The minimum absolute atomic E-state index is 0.232. The Labute approximate surface area is 228 Å². The molecule has 0 saturated carbocycles. The molecule has 0 bridgehead atoms. The Morgan fingerprint density at radius 2 is 1.81 bits per heavy atom. The van der Waals surface area contributed by atoms with Crippen LogP contribution in [0.1, 0.15) is 22.3 Å². The lowest BCUT2D eigenvalue weighted by Crippen LogP contribution is -2.36. The highest BCUT2D eigenvalue weighted by atomic mass is 79.9. The number of benzene rings is 3. The van der Waals surface area contributed by atoms with Gasteiger partial charge in [0, 0.05) is 10.2 Å². The monoisotopic (exact) mass is 580 g/mol. The molecular weight excluding hydrogens is 556 g/mol. The molecule has 0 atom stereocenters. The number of ether oxygens (including phenoxy) is 2. The number of thioether (sulfide) groups is 1. The maximum Gasteiger partial charge on any atom is 0.294 e. The standard InChI is InChI=1S/C28H25BrN2O5S/c1-17-5-4-6-22(18(17)2)30-26(32)15-31-27(33)25(37-28(31)34)14-20-9-12-23(24(13-20)35-3)36-16-19-7-10-21(29)11-8-19/h4-14H,15-16H2,1-3H3,(H,30,32)/b25-14-. The molecule has 1 saturated heterocycles. The molecular formula is C28H25BrN2O5S. The fraction of sp³-hybridized carbons (Fsp3) is 0.179. The van der Waals surface area contributed by atoms with Crippen LogP contribution in [-0.4, -0.2) is 35.6 Å². The number of methoxy groups -OCH3 is 1. The van der Waals surface area contributed by atoms with Crippen LogP contribution in [0.4, 0.5) is 10.5 Å². The molecule has 0 aromatic heterocycles. The molecule has 1 aliphatic heterocycles. The lowest BCUT2D eigenvalue weighted by molar-refractivity contribution is -0.127. The number of carbonyl (C=O) groups excluding carboxylic acids is 3. The second-order valence-electron chi connectivity index (χ2n) is 8.39. The topological polar surface area (TPSA) is 84.9 Å². The molecule has 4 rings (SSSR count). The van der Waals surface area contributed by atoms with Crippen LogP contribution in [0.2, 0.25) is 0 Å². The van der Waals surface area contributed by atoms with Crippen molar-refractivity contribution in [1.82, 2.24) is 4.90 Å². The summed E-state index contributed by atoms with van der Waals surface area (Å²) in [5, 5.41) is 2.29. The summed E-state index contributed by atoms with van der Waals surface area (Å²) in [5.41, 5.74) is 4.29. The van der Waals surface area contributed by atoms with Gasteiger partial charge in [0.1, 0.15) is 13.2 Å². The molecule has 9 heteroatoms. The van der Waals surface area contributed by atoms with Gasteiger partial charge < -0.3 is 14.8 Å². The van der Waals surface area contributed by atoms with Gasteiger partial charge in [-0.05, 0) is 84.3 Å². The zero-order chi connectivity index (χ0) is 26.5. The van der Waals surface area contributed by atoms with Gasteiger partial charge in [-0.15, -0.1) is 0 Å². The van der Waals surface area contributed by atoms with Crippen LogP contribution in [0.5, 0.6) is 11.5 Å². The Balaban J connectivity index is 1.43. The summed E-state index contributed by atoms with van der Waals surface area (Å²) in [6, 6.07) is 18.7. The van der Waals surface area contributed by atoms with Crippen LogP contribution >= 0.6 is 27.7 Å². The zero-order valence-electron chi connectivity index (χ0n) is 20.5. The van der Waals surface area contributed by atoms with E-state index in [1.54, 1.807) is 30.3 Å². The summed E-state index contributed by atoms with van der Waals surface area (Å²) >= 11 is 4.21. The first-order valence-corrected chi connectivity index (χ1v) is 13.0. The third-order valence-corrected chi connectivity index (χ3v) is 7.28. The summed E-state index contributed by atoms with van der Waals surface area (Å²) < 4.78 is 12.4. The Bertz CT molecular complexity index is 1390. The van der Waals surface area contributed by atoms with Crippen LogP contribution in [0, 0.1) is 13.8 Å². The van der Waals surface area contributed by atoms with Crippen molar-refractivity contribution < 1.29 is 23.9 Å². The first-order chi connectivity index (χ1) is 17.7. The van der Waals surface area contributed by atoms with Gasteiger partial charge in [0.05, 0.1) is 12.0 Å². The Morgan fingerprint density at radius 1 is 1.05 bits per heavy atom. The van der Waals surface area contributed by atoms with Crippen molar-refractivity contribution in [3.05, 3.63) is 92.3 Å². The van der Waals surface area contributed by atoms with Crippen molar-refractivity contribution >= 4 is 56.5 Å². The van der Waals surface area contributed by atoms with Gasteiger partial charge in [0.2, 0.25) is 5.91 Å². The van der Waals surface area contributed by atoms with Gasteiger partial charge in [-0.25, -0.2) is 0 Å². The zero-order valence-corrected chi connectivity index (χ0v) is 22.9. The summed E-state index contributed by atoms with van der Waals surface area (Å²) in [6.45, 7) is 3.86. The second-order valence-corrected chi connectivity index (χ2v) is 10.3. The number of nitrogens with one attached hydrogen (secondary N) is 1. The van der Waals surface area contributed by atoms with E-state index in [0.29, 0.717) is 29.4 Å². The number of hydrogen-bond acceptors (Lipinski definition) is 6. The molecule has 3 aromatic rings. The van der Waals surface area contributed by atoms with E-state index in [1.807, 2.05) is 50.2 Å². The Morgan fingerprint density at radius 3 is 2.54 bits per heavy atom. The number of hydrogen-bond donors (Lipinski definition) is 1. The summed E-state index contributed by atoms with van der Waals surface area (Å²) in [7, 11) is 1.54. The molecule has 1 heterocycles. The smallest absolute Gasteiger partial charge is 0.294 e. The number of halogens is 1. The highest BCUT2D eigenvalue weighted by molar-refractivity contribution is 9.10. The SMILES string of the molecule is COc1cc(/C=C2\SC(=O)N(CC(=O)Nc3cccc(C)c3C)C2=O)ccc1OCc1ccc(Br)cc1. The van der Waals surface area contributed by atoms with Crippen LogP contribution in [0.15, 0.2) is 70.0 Å². The summed E-state index contributed by atoms with van der Waals surface area (Å²) in [4.78, 5) is 39.2. The van der Waals surface area contributed by atoms with E-state index in [4.69, 9.17) is 9.47 Å². The average molecular weight is 581 g/mol. The summed E-state index contributed by atoms with van der Waals surface area (Å²) in [6.07, 6.45) is 1.61. The van der Waals surface area contributed by atoms with E-state index >= 15 is 0 Å². The van der Waals surface area contributed by atoms with Crippen molar-refractivity contribution in [3.63, 3.8) is 0 Å². The van der Waals surface area contributed by atoms with Crippen LogP contribution < -0.4 is 14.8 Å². The molecule has 7 nitrogen and oxygen atoms in total.